The Morgan fingerprint density at radius 1 is 1.22 bits per heavy atom. The van der Waals surface area contributed by atoms with E-state index in [-0.39, 0.29) is 11.8 Å². The summed E-state index contributed by atoms with van der Waals surface area (Å²) in [7, 11) is 0. The van der Waals surface area contributed by atoms with Crippen molar-refractivity contribution in [2.45, 2.75) is 39.0 Å². The Labute approximate surface area is 107 Å². The van der Waals surface area contributed by atoms with E-state index in [4.69, 9.17) is 4.74 Å². The van der Waals surface area contributed by atoms with Crippen LogP contribution in [0.1, 0.15) is 39.0 Å². The fourth-order valence-electron chi connectivity index (χ4n) is 2.44. The normalized spacial score (nSPS) is 23.7. The molecule has 0 N–H and O–H groups in total. The second-order valence-corrected chi connectivity index (χ2v) is 5.26. The minimum absolute atomic E-state index is 0.207. The number of esters is 1. The van der Waals surface area contributed by atoms with E-state index in [1.807, 2.05) is 0 Å². The lowest BCUT2D eigenvalue weighted by Crippen LogP contribution is -2.18. The molecule has 0 unspecified atom stereocenters. The fraction of sp³-hybridized carbons (Fsp3) is 0.533. The topological polar surface area (TPSA) is 26.3 Å². The summed E-state index contributed by atoms with van der Waals surface area (Å²) in [4.78, 5) is 11.7. The average Bonchev–Trinajstić information content (AvgIpc) is 2.35. The van der Waals surface area contributed by atoms with E-state index < -0.39 is 0 Å². The van der Waals surface area contributed by atoms with Gasteiger partial charge in [0.25, 0.3) is 0 Å². The summed E-state index contributed by atoms with van der Waals surface area (Å²) in [6, 6.07) is 5.56. The van der Waals surface area contributed by atoms with Crippen molar-refractivity contribution in [2.24, 2.45) is 11.8 Å². The molecule has 0 saturated heterocycles. The number of carbonyl (C=O) groups excluding carboxylic acids is 1. The van der Waals surface area contributed by atoms with Gasteiger partial charge in [-0.15, -0.1) is 0 Å². The molecular weight excluding hydrogens is 231 g/mol. The molecule has 0 bridgehead atoms. The van der Waals surface area contributed by atoms with E-state index in [2.05, 4.69) is 6.92 Å². The maximum absolute atomic E-state index is 12.7. The number of rotatable bonds is 3. The third kappa shape index (κ3) is 3.83. The Balaban J connectivity index is 1.80. The van der Waals surface area contributed by atoms with E-state index >= 15 is 0 Å². The lowest BCUT2D eigenvalue weighted by Gasteiger charge is -2.25. The molecule has 1 aromatic rings. The highest BCUT2D eigenvalue weighted by Crippen LogP contribution is 2.30. The lowest BCUT2D eigenvalue weighted by atomic mass is 9.81. The van der Waals surface area contributed by atoms with Crippen molar-refractivity contribution < 1.29 is 13.9 Å². The molecule has 2 nitrogen and oxygen atoms in total. The largest absolute Gasteiger partial charge is 0.427 e. The quantitative estimate of drug-likeness (QED) is 0.600. The monoisotopic (exact) mass is 250 g/mol. The number of hydrogen-bond acceptors (Lipinski definition) is 2. The van der Waals surface area contributed by atoms with Gasteiger partial charge in [-0.25, -0.2) is 4.39 Å². The van der Waals surface area contributed by atoms with Crippen LogP contribution in [0.25, 0.3) is 0 Å². The summed E-state index contributed by atoms with van der Waals surface area (Å²) in [6.07, 6.45) is 5.10. The van der Waals surface area contributed by atoms with Crippen molar-refractivity contribution in [3.05, 3.63) is 30.1 Å². The Morgan fingerprint density at radius 3 is 2.44 bits per heavy atom. The van der Waals surface area contributed by atoms with Crippen LogP contribution >= 0.6 is 0 Å². The molecule has 0 amide bonds. The maximum atomic E-state index is 12.7. The summed E-state index contributed by atoms with van der Waals surface area (Å²) in [5.41, 5.74) is 0. The van der Waals surface area contributed by atoms with E-state index in [0.717, 1.165) is 18.8 Å². The van der Waals surface area contributed by atoms with Gasteiger partial charge in [0.05, 0.1) is 0 Å². The molecule has 0 heterocycles. The van der Waals surface area contributed by atoms with Crippen LogP contribution in [0.4, 0.5) is 4.39 Å². The highest BCUT2D eigenvalue weighted by Gasteiger charge is 2.21. The highest BCUT2D eigenvalue weighted by atomic mass is 19.1. The van der Waals surface area contributed by atoms with Gasteiger partial charge in [0, 0.05) is 6.42 Å². The van der Waals surface area contributed by atoms with Crippen LogP contribution in [-0.2, 0) is 4.79 Å². The van der Waals surface area contributed by atoms with Gasteiger partial charge in [-0.3, -0.25) is 4.79 Å². The Bertz CT molecular complexity index is 391. The Hall–Kier alpha value is -1.38. The molecule has 1 saturated carbocycles. The van der Waals surface area contributed by atoms with Crippen molar-refractivity contribution in [1.29, 1.82) is 0 Å². The molecule has 0 aromatic heterocycles. The summed E-state index contributed by atoms with van der Waals surface area (Å²) in [5, 5.41) is 0. The SMILES string of the molecule is CC1CCC(CC(=O)Oc2ccc(F)cc2)CC1. The van der Waals surface area contributed by atoms with Crippen LogP contribution in [0, 0.1) is 17.7 Å². The van der Waals surface area contributed by atoms with Crippen LogP contribution < -0.4 is 4.74 Å². The van der Waals surface area contributed by atoms with E-state index in [1.54, 1.807) is 0 Å². The molecule has 1 aliphatic carbocycles. The van der Waals surface area contributed by atoms with Gasteiger partial charge in [0.1, 0.15) is 11.6 Å². The minimum Gasteiger partial charge on any atom is -0.427 e. The zero-order valence-corrected chi connectivity index (χ0v) is 10.7. The van der Waals surface area contributed by atoms with Crippen molar-refractivity contribution in [2.75, 3.05) is 0 Å². The smallest absolute Gasteiger partial charge is 0.311 e. The summed E-state index contributed by atoms with van der Waals surface area (Å²) >= 11 is 0. The van der Waals surface area contributed by atoms with Gasteiger partial charge < -0.3 is 4.74 Å². The molecule has 1 aliphatic rings. The first-order chi connectivity index (χ1) is 8.63. The van der Waals surface area contributed by atoms with Crippen molar-refractivity contribution in [1.82, 2.24) is 0 Å². The number of ether oxygens (including phenoxy) is 1. The molecule has 3 heteroatoms. The first-order valence-electron chi connectivity index (χ1n) is 6.59. The fourth-order valence-corrected chi connectivity index (χ4v) is 2.44. The molecule has 98 valence electrons. The highest BCUT2D eigenvalue weighted by molar-refractivity contribution is 5.72. The zero-order valence-electron chi connectivity index (χ0n) is 10.7. The predicted octanol–water partition coefficient (Wildman–Crippen LogP) is 3.95. The van der Waals surface area contributed by atoms with E-state index in [1.165, 1.54) is 37.1 Å². The molecular formula is C15H19FO2. The van der Waals surface area contributed by atoms with Crippen LogP contribution in [0.2, 0.25) is 0 Å². The predicted molar refractivity (Wildman–Crippen MR) is 67.8 cm³/mol. The molecule has 18 heavy (non-hydrogen) atoms. The van der Waals surface area contributed by atoms with Gasteiger partial charge in [-0.2, -0.15) is 0 Å². The van der Waals surface area contributed by atoms with Crippen LogP contribution in [0.3, 0.4) is 0 Å². The first kappa shape index (κ1) is 13.1. The van der Waals surface area contributed by atoms with Gasteiger partial charge in [0.15, 0.2) is 0 Å². The Morgan fingerprint density at radius 2 is 1.83 bits per heavy atom. The van der Waals surface area contributed by atoms with Crippen molar-refractivity contribution in [3.63, 3.8) is 0 Å². The molecule has 2 rings (SSSR count). The van der Waals surface area contributed by atoms with Crippen LogP contribution in [0.15, 0.2) is 24.3 Å². The first-order valence-corrected chi connectivity index (χ1v) is 6.59. The molecule has 0 aliphatic heterocycles. The third-order valence-electron chi connectivity index (χ3n) is 3.64. The van der Waals surface area contributed by atoms with Crippen molar-refractivity contribution in [3.8, 4) is 5.75 Å². The van der Waals surface area contributed by atoms with Crippen molar-refractivity contribution >= 4 is 5.97 Å². The number of carbonyl (C=O) groups is 1. The van der Waals surface area contributed by atoms with Crippen LogP contribution in [0.5, 0.6) is 5.75 Å². The number of halogens is 1. The summed E-state index contributed by atoms with van der Waals surface area (Å²) < 4.78 is 17.9. The van der Waals surface area contributed by atoms with E-state index in [9.17, 15) is 9.18 Å². The second kappa shape index (κ2) is 5.98. The molecule has 1 aromatic carbocycles. The minimum atomic E-state index is -0.323. The maximum Gasteiger partial charge on any atom is 0.311 e. The second-order valence-electron chi connectivity index (χ2n) is 5.26. The summed E-state index contributed by atoms with van der Waals surface area (Å²) in [5.74, 6) is 1.13. The average molecular weight is 250 g/mol. The Kier molecular flexibility index (Phi) is 4.34. The third-order valence-corrected chi connectivity index (χ3v) is 3.64. The van der Waals surface area contributed by atoms with Gasteiger partial charge in [-0.05, 0) is 48.9 Å². The summed E-state index contributed by atoms with van der Waals surface area (Å²) in [6.45, 7) is 2.26. The molecule has 0 atom stereocenters. The zero-order chi connectivity index (χ0) is 13.0. The number of benzene rings is 1. The molecule has 0 spiro atoms. The van der Waals surface area contributed by atoms with Gasteiger partial charge in [-0.1, -0.05) is 19.8 Å². The molecule has 0 radical (unpaired) electrons. The standard InChI is InChI=1S/C15H19FO2/c1-11-2-4-12(5-3-11)10-15(17)18-14-8-6-13(16)7-9-14/h6-9,11-12H,2-5,10H2,1H3. The van der Waals surface area contributed by atoms with Gasteiger partial charge in [0.2, 0.25) is 0 Å². The van der Waals surface area contributed by atoms with E-state index in [0.29, 0.717) is 18.1 Å². The molecule has 1 fully saturated rings. The lowest BCUT2D eigenvalue weighted by molar-refractivity contribution is -0.135. The van der Waals surface area contributed by atoms with Gasteiger partial charge >= 0.3 is 5.97 Å². The van der Waals surface area contributed by atoms with Crippen LogP contribution in [-0.4, -0.2) is 5.97 Å². The number of hydrogen-bond donors (Lipinski definition) is 0.